The van der Waals surface area contributed by atoms with Gasteiger partial charge in [0.2, 0.25) is 0 Å². The predicted octanol–water partition coefficient (Wildman–Crippen LogP) is 16.1. The summed E-state index contributed by atoms with van der Waals surface area (Å²) in [5.41, 5.74) is 9.85. The minimum absolute atomic E-state index is 0.589. The molecule has 0 saturated carbocycles. The highest BCUT2D eigenvalue weighted by molar-refractivity contribution is 6.28. The van der Waals surface area contributed by atoms with Crippen LogP contribution in [0.3, 0.4) is 0 Å². The Bertz CT molecular complexity index is 4250. The summed E-state index contributed by atoms with van der Waals surface area (Å²) < 4.78 is 8.96. The van der Waals surface area contributed by atoms with Crippen LogP contribution >= 0.6 is 0 Å². The summed E-state index contributed by atoms with van der Waals surface area (Å²) in [6.45, 7) is 0. The maximum atomic E-state index is 6.53. The molecule has 3 heterocycles. The van der Waals surface area contributed by atoms with Gasteiger partial charge in [-0.1, -0.05) is 170 Å². The molecule has 11 aromatic carbocycles. The van der Waals surface area contributed by atoms with E-state index in [0.717, 1.165) is 82.6 Å². The molecule has 0 radical (unpaired) electrons. The normalized spacial score (nSPS) is 11.9. The molecule has 0 atom stereocenters. The molecule has 5 nitrogen and oxygen atoms in total. The first-order valence-corrected chi connectivity index (χ1v) is 22.3. The van der Waals surface area contributed by atoms with Gasteiger partial charge in [-0.05, 0) is 91.8 Å². The van der Waals surface area contributed by atoms with E-state index >= 15 is 0 Å². The molecular formula is C61H36N4O. The topological polar surface area (TPSA) is 56.7 Å². The number of aromatic nitrogens is 4. The number of benzene rings is 11. The minimum Gasteiger partial charge on any atom is -0.456 e. The molecule has 66 heavy (non-hydrogen) atoms. The van der Waals surface area contributed by atoms with Gasteiger partial charge < -0.3 is 8.98 Å². The summed E-state index contributed by atoms with van der Waals surface area (Å²) in [4.78, 5) is 16.1. The second-order valence-corrected chi connectivity index (χ2v) is 17.1. The van der Waals surface area contributed by atoms with Gasteiger partial charge in [0.05, 0.1) is 16.7 Å². The van der Waals surface area contributed by atoms with Crippen LogP contribution in [0.1, 0.15) is 0 Å². The number of nitrogens with zero attached hydrogens (tertiary/aromatic N) is 4. The van der Waals surface area contributed by atoms with Crippen LogP contribution in [0, 0.1) is 0 Å². The molecule has 3 aromatic heterocycles. The lowest BCUT2D eigenvalue weighted by Crippen LogP contribution is -2.02. The fraction of sp³-hybridized carbons (Fsp3) is 0. The first kappa shape index (κ1) is 36.5. The van der Waals surface area contributed by atoms with Gasteiger partial charge in [0, 0.05) is 49.2 Å². The highest BCUT2D eigenvalue weighted by atomic mass is 16.3. The minimum atomic E-state index is 0.589. The Morgan fingerprint density at radius 2 is 0.864 bits per heavy atom. The molecule has 0 saturated heterocycles. The lowest BCUT2D eigenvalue weighted by atomic mass is 9.91. The van der Waals surface area contributed by atoms with Gasteiger partial charge in [-0.2, -0.15) is 0 Å². The van der Waals surface area contributed by atoms with Gasteiger partial charge >= 0.3 is 0 Å². The zero-order chi connectivity index (χ0) is 43.3. The lowest BCUT2D eigenvalue weighted by molar-refractivity contribution is 0.669. The SMILES string of the molecule is c1ccc(-c2nc(-c3ccc(-n4c5ccccc5c5cc6ccccc6cc54)c(-c4cccc5oc6ccccc6c45)c3)nc(-c3cccc4c5ccccc5c5ccccc5c34)n2)cc1. The van der Waals surface area contributed by atoms with E-state index in [1.807, 2.05) is 30.3 Å². The standard InChI is InChI=1S/C61H36N4O/c1-2-16-37(17-3-1)59-62-60(64-61(63-59)49-28-14-26-46-43-21-7-6-20-41(43)42-22-8-9-24-45(42)57(46)49)40-32-33-53(51(35-40)47-27-15-31-56-58(47)48-25-11-13-30-55(48)66-56)65-52-29-12-10-23-44(52)50-34-38-18-4-5-19-39(38)36-54(50)65/h1-36H. The molecule has 0 aliphatic rings. The number of furan rings is 1. The first-order valence-electron chi connectivity index (χ1n) is 22.3. The van der Waals surface area contributed by atoms with Crippen LogP contribution < -0.4 is 0 Å². The van der Waals surface area contributed by atoms with E-state index in [9.17, 15) is 0 Å². The molecule has 0 bridgehead atoms. The third kappa shape index (κ3) is 5.50. The maximum absolute atomic E-state index is 6.53. The van der Waals surface area contributed by atoms with E-state index in [1.165, 1.54) is 37.7 Å². The van der Waals surface area contributed by atoms with Gasteiger partial charge in [0.1, 0.15) is 11.2 Å². The van der Waals surface area contributed by atoms with E-state index < -0.39 is 0 Å². The van der Waals surface area contributed by atoms with Crippen LogP contribution in [0.4, 0.5) is 0 Å². The summed E-state index contributed by atoms with van der Waals surface area (Å²) >= 11 is 0. The Hall–Kier alpha value is -8.93. The van der Waals surface area contributed by atoms with Crippen LogP contribution in [0.5, 0.6) is 0 Å². The van der Waals surface area contributed by atoms with Gasteiger partial charge in [0.25, 0.3) is 0 Å². The fourth-order valence-electron chi connectivity index (χ4n) is 10.5. The van der Waals surface area contributed by atoms with E-state index in [1.54, 1.807) is 0 Å². The second-order valence-electron chi connectivity index (χ2n) is 17.1. The van der Waals surface area contributed by atoms with Gasteiger partial charge in [-0.25, -0.2) is 15.0 Å². The van der Waals surface area contributed by atoms with E-state index in [-0.39, 0.29) is 0 Å². The largest absolute Gasteiger partial charge is 0.456 e. The van der Waals surface area contributed by atoms with Crippen molar-refractivity contribution in [2.24, 2.45) is 0 Å². The summed E-state index contributed by atoms with van der Waals surface area (Å²) in [7, 11) is 0. The zero-order valence-corrected chi connectivity index (χ0v) is 35.5. The summed E-state index contributed by atoms with van der Waals surface area (Å²) in [6.07, 6.45) is 0. The maximum Gasteiger partial charge on any atom is 0.164 e. The molecule has 306 valence electrons. The van der Waals surface area contributed by atoms with E-state index in [4.69, 9.17) is 19.4 Å². The van der Waals surface area contributed by atoms with E-state index in [2.05, 4.69) is 193 Å². The van der Waals surface area contributed by atoms with E-state index in [0.29, 0.717) is 17.5 Å². The molecule has 14 aromatic rings. The number of hydrogen-bond acceptors (Lipinski definition) is 4. The molecule has 14 rings (SSSR count). The van der Waals surface area contributed by atoms with Gasteiger partial charge in [-0.15, -0.1) is 0 Å². The molecule has 0 fully saturated rings. The molecule has 0 unspecified atom stereocenters. The number of hydrogen-bond donors (Lipinski definition) is 0. The quantitative estimate of drug-likeness (QED) is 0.162. The van der Waals surface area contributed by atoms with Crippen LogP contribution in [0.25, 0.3) is 138 Å². The van der Waals surface area contributed by atoms with Gasteiger partial charge in [-0.3, -0.25) is 0 Å². The Balaban J connectivity index is 1.08. The third-order valence-electron chi connectivity index (χ3n) is 13.4. The Morgan fingerprint density at radius 1 is 0.303 bits per heavy atom. The second kappa shape index (κ2) is 14.3. The van der Waals surface area contributed by atoms with Crippen LogP contribution in [0.2, 0.25) is 0 Å². The summed E-state index contributed by atoms with van der Waals surface area (Å²) in [6, 6.07) is 77.5. The monoisotopic (exact) mass is 840 g/mol. The molecule has 0 spiro atoms. The van der Waals surface area contributed by atoms with Crippen LogP contribution in [-0.4, -0.2) is 19.5 Å². The van der Waals surface area contributed by atoms with Crippen molar-refractivity contribution in [1.82, 2.24) is 19.5 Å². The third-order valence-corrected chi connectivity index (χ3v) is 13.4. The molecule has 0 N–H and O–H groups in total. The molecule has 0 aliphatic heterocycles. The highest BCUT2D eigenvalue weighted by Gasteiger charge is 2.23. The molecule has 0 amide bonds. The Kier molecular flexibility index (Phi) is 7.91. The Morgan fingerprint density at radius 3 is 1.65 bits per heavy atom. The van der Waals surface area contributed by atoms with Crippen molar-refractivity contribution < 1.29 is 4.42 Å². The molecular weight excluding hydrogens is 805 g/mol. The van der Waals surface area contributed by atoms with Crippen LogP contribution in [0.15, 0.2) is 223 Å². The van der Waals surface area contributed by atoms with Crippen molar-refractivity contribution in [3.05, 3.63) is 218 Å². The van der Waals surface area contributed by atoms with Crippen molar-refractivity contribution in [3.63, 3.8) is 0 Å². The zero-order valence-electron chi connectivity index (χ0n) is 35.5. The van der Waals surface area contributed by atoms with Crippen molar-refractivity contribution in [3.8, 4) is 51.0 Å². The van der Waals surface area contributed by atoms with Crippen molar-refractivity contribution in [2.45, 2.75) is 0 Å². The predicted molar refractivity (Wildman–Crippen MR) is 273 cm³/mol. The van der Waals surface area contributed by atoms with Crippen LogP contribution in [-0.2, 0) is 0 Å². The van der Waals surface area contributed by atoms with Crippen molar-refractivity contribution in [2.75, 3.05) is 0 Å². The summed E-state index contributed by atoms with van der Waals surface area (Å²) in [5, 5.41) is 14.0. The average Bonchev–Trinajstić information content (AvgIpc) is 3.93. The summed E-state index contributed by atoms with van der Waals surface area (Å²) in [5.74, 6) is 1.82. The molecule has 0 aliphatic carbocycles. The van der Waals surface area contributed by atoms with Crippen molar-refractivity contribution >= 4 is 86.8 Å². The first-order chi connectivity index (χ1) is 32.7. The van der Waals surface area contributed by atoms with Crippen molar-refractivity contribution in [1.29, 1.82) is 0 Å². The fourth-order valence-corrected chi connectivity index (χ4v) is 10.5. The number of rotatable bonds is 5. The highest BCUT2D eigenvalue weighted by Crippen LogP contribution is 2.44. The lowest BCUT2D eigenvalue weighted by Gasteiger charge is -2.17. The smallest absolute Gasteiger partial charge is 0.164 e. The van der Waals surface area contributed by atoms with Gasteiger partial charge in [0.15, 0.2) is 17.5 Å². The Labute approximate surface area is 378 Å². The molecule has 5 heteroatoms. The average molecular weight is 841 g/mol. The number of para-hydroxylation sites is 2. The number of fused-ring (bicyclic) bond motifs is 13.